The van der Waals surface area contributed by atoms with E-state index < -0.39 is 109 Å². The number of hydrogen-bond donors (Lipinski definition) is 15. The lowest BCUT2D eigenvalue weighted by Gasteiger charge is -2.26. The number of aromatic amines is 1. The second kappa shape index (κ2) is 26.8. The van der Waals surface area contributed by atoms with Crippen molar-refractivity contribution in [1.82, 2.24) is 41.9 Å². The highest BCUT2D eigenvalue weighted by atomic mass is 16.4. The van der Waals surface area contributed by atoms with Gasteiger partial charge < -0.3 is 81.5 Å². The number of carbonyl (C=O) groups excluding carboxylic acids is 7. The van der Waals surface area contributed by atoms with Gasteiger partial charge in [0, 0.05) is 44.2 Å². The van der Waals surface area contributed by atoms with Crippen LogP contribution >= 0.6 is 0 Å². The first-order chi connectivity index (χ1) is 28.2. The van der Waals surface area contributed by atoms with Crippen molar-refractivity contribution in [2.45, 2.75) is 101 Å². The molecule has 27 heteroatoms. The van der Waals surface area contributed by atoms with Gasteiger partial charge in [0.2, 0.25) is 41.4 Å². The quantitative estimate of drug-likeness (QED) is 0.0202. The molecule has 21 N–H and O–H groups in total. The Bertz CT molecular complexity index is 1700. The molecule has 0 radical (unpaired) electrons. The molecule has 334 valence electrons. The molecular weight excluding hydrogens is 796 g/mol. The average molecular weight is 853 g/mol. The molecule has 6 atom stereocenters. The first kappa shape index (κ1) is 51.0. The molecule has 0 spiro atoms. The molecule has 27 nitrogen and oxygen atoms in total. The number of primary amides is 1. The lowest BCUT2D eigenvalue weighted by atomic mass is 10.0. The Labute approximate surface area is 343 Å². The van der Waals surface area contributed by atoms with Crippen molar-refractivity contribution in [1.29, 1.82) is 0 Å². The Hall–Kier alpha value is -7.06. The van der Waals surface area contributed by atoms with E-state index in [1.54, 1.807) is 0 Å². The Morgan fingerprint density at radius 3 is 1.65 bits per heavy atom. The summed E-state index contributed by atoms with van der Waals surface area (Å²) in [5.41, 5.74) is 32.5. The van der Waals surface area contributed by atoms with Crippen molar-refractivity contribution in [3.05, 3.63) is 18.2 Å². The van der Waals surface area contributed by atoms with Crippen LogP contribution in [0.4, 0.5) is 0 Å². The molecule has 0 fully saturated rings. The minimum absolute atomic E-state index is 0.00978. The van der Waals surface area contributed by atoms with Crippen molar-refractivity contribution in [2.24, 2.45) is 44.4 Å². The molecule has 0 aliphatic heterocycles. The molecule has 0 unspecified atom stereocenters. The molecule has 0 saturated heterocycles. The van der Waals surface area contributed by atoms with Crippen LogP contribution in [-0.4, -0.2) is 141 Å². The number of aliphatic imine (C=N–C) groups is 2. The van der Waals surface area contributed by atoms with E-state index in [0.717, 1.165) is 0 Å². The van der Waals surface area contributed by atoms with Crippen molar-refractivity contribution in [3.8, 4) is 0 Å². The Balaban J connectivity index is 3.30. The number of aromatic nitrogens is 2. The summed E-state index contributed by atoms with van der Waals surface area (Å²) in [7, 11) is 0. The fraction of sp³-hybridized carbons (Fsp3) is 0.576. The van der Waals surface area contributed by atoms with Crippen LogP contribution in [0.5, 0.6) is 0 Å². The predicted molar refractivity (Wildman–Crippen MR) is 211 cm³/mol. The van der Waals surface area contributed by atoms with Gasteiger partial charge in [0.1, 0.15) is 30.2 Å². The largest absolute Gasteiger partial charge is 0.481 e. The molecule has 0 aliphatic carbocycles. The third kappa shape index (κ3) is 21.5. The molecule has 0 aliphatic rings. The van der Waals surface area contributed by atoms with Gasteiger partial charge in [-0.2, -0.15) is 0 Å². The summed E-state index contributed by atoms with van der Waals surface area (Å²) in [4.78, 5) is 128. The standard InChI is InChI=1S/C33H56N16O11/c1-16(34)26(54)46-19(6-8-23(35)50)27(55)43-14-24(51)45-20(7-9-25(52)53)29(57)47-18(4-2-10-41-32(36)37)28(56)49-22(12-17-13-40-15-44-17)30(58)48-21(31(59)60)5-3-11-42-33(38)39/h13,15-16,18-22H,2-12,14,34H2,1H3,(H2,35,50)(H,40,44)(H,43,55)(H,45,51)(H,46,54)(H,47,57)(H,48,58)(H,49,56)(H,52,53)(H,59,60)(H4,36,37,41)(H4,38,39,42)/t16-,18-,19-,20-,21-,22-/m0/s1. The van der Waals surface area contributed by atoms with Gasteiger partial charge >= 0.3 is 11.9 Å². The molecule has 0 bridgehead atoms. The Kier molecular flexibility index (Phi) is 22.7. The van der Waals surface area contributed by atoms with Crippen LogP contribution in [0.15, 0.2) is 22.5 Å². The van der Waals surface area contributed by atoms with Crippen LogP contribution in [0.2, 0.25) is 0 Å². The van der Waals surface area contributed by atoms with Crippen molar-refractivity contribution in [2.75, 3.05) is 19.6 Å². The maximum Gasteiger partial charge on any atom is 0.326 e. The highest BCUT2D eigenvalue weighted by Crippen LogP contribution is 2.08. The van der Waals surface area contributed by atoms with E-state index in [1.807, 2.05) is 0 Å². The summed E-state index contributed by atoms with van der Waals surface area (Å²) in [5.74, 6) is -9.49. The van der Waals surface area contributed by atoms with Crippen LogP contribution in [0, 0.1) is 0 Å². The summed E-state index contributed by atoms with van der Waals surface area (Å²) < 4.78 is 0. The number of rotatable bonds is 29. The van der Waals surface area contributed by atoms with E-state index in [2.05, 4.69) is 51.9 Å². The number of carboxylic acids is 2. The van der Waals surface area contributed by atoms with Crippen LogP contribution in [-0.2, 0) is 49.6 Å². The molecule has 0 saturated carbocycles. The normalized spacial score (nSPS) is 13.6. The third-order valence-corrected chi connectivity index (χ3v) is 8.20. The molecule has 7 amide bonds. The molecular formula is C33H56N16O11. The Morgan fingerprint density at radius 2 is 1.15 bits per heavy atom. The number of nitrogens with one attached hydrogen (secondary N) is 7. The monoisotopic (exact) mass is 852 g/mol. The van der Waals surface area contributed by atoms with Gasteiger partial charge in [0.25, 0.3) is 0 Å². The van der Waals surface area contributed by atoms with Crippen LogP contribution in [0.25, 0.3) is 0 Å². The molecule has 1 rings (SSSR count). The lowest BCUT2D eigenvalue weighted by Crippen LogP contribution is -2.58. The summed E-state index contributed by atoms with van der Waals surface area (Å²) in [6, 6.07) is -8.27. The number of nitrogens with zero attached hydrogens (tertiary/aromatic N) is 3. The number of nitrogens with two attached hydrogens (primary N) is 6. The number of guanidine groups is 2. The van der Waals surface area contributed by atoms with E-state index in [0.29, 0.717) is 5.69 Å². The smallest absolute Gasteiger partial charge is 0.326 e. The lowest BCUT2D eigenvalue weighted by molar-refractivity contribution is -0.142. The fourth-order valence-corrected chi connectivity index (χ4v) is 5.11. The minimum atomic E-state index is -1.60. The average Bonchev–Trinajstić information content (AvgIpc) is 3.68. The summed E-state index contributed by atoms with van der Waals surface area (Å²) in [6.07, 6.45) is 0.809. The van der Waals surface area contributed by atoms with E-state index in [-0.39, 0.29) is 70.0 Å². The predicted octanol–water partition coefficient (Wildman–Crippen LogP) is -6.84. The zero-order valence-corrected chi connectivity index (χ0v) is 33.0. The zero-order chi connectivity index (χ0) is 45.4. The van der Waals surface area contributed by atoms with Gasteiger partial charge in [-0.3, -0.25) is 48.3 Å². The SMILES string of the molecule is C[C@H](N)C(=O)N[C@@H](CCC(N)=O)C(=O)NCC(=O)N[C@@H](CCC(=O)O)C(=O)N[C@@H](CCCN=C(N)N)C(=O)N[C@@H](Cc1cnc[nH]1)C(=O)N[C@@H](CCCN=C(N)N)C(=O)O. The van der Waals surface area contributed by atoms with Crippen LogP contribution in [0.3, 0.4) is 0 Å². The molecule has 1 aromatic heterocycles. The number of H-pyrrole nitrogens is 1. The fourth-order valence-electron chi connectivity index (χ4n) is 5.11. The second-order valence-electron chi connectivity index (χ2n) is 13.3. The van der Waals surface area contributed by atoms with Crippen molar-refractivity contribution in [3.63, 3.8) is 0 Å². The summed E-state index contributed by atoms with van der Waals surface area (Å²) in [6.45, 7) is 0.633. The summed E-state index contributed by atoms with van der Waals surface area (Å²) >= 11 is 0. The number of imidazole rings is 1. The maximum absolute atomic E-state index is 13.8. The van der Waals surface area contributed by atoms with Crippen molar-refractivity contribution < 1.29 is 53.4 Å². The number of amides is 7. The molecule has 60 heavy (non-hydrogen) atoms. The van der Waals surface area contributed by atoms with Gasteiger partial charge in [-0.25, -0.2) is 9.78 Å². The molecule has 1 heterocycles. The first-order valence-corrected chi connectivity index (χ1v) is 18.5. The summed E-state index contributed by atoms with van der Waals surface area (Å²) in [5, 5.41) is 33.3. The van der Waals surface area contributed by atoms with E-state index >= 15 is 0 Å². The number of carboxylic acid groups (broad SMARTS) is 2. The minimum Gasteiger partial charge on any atom is -0.481 e. The molecule has 1 aromatic rings. The van der Waals surface area contributed by atoms with E-state index in [4.69, 9.17) is 34.4 Å². The topological polar surface area (TPSA) is 476 Å². The number of carbonyl (C=O) groups is 9. The van der Waals surface area contributed by atoms with E-state index in [9.17, 15) is 53.4 Å². The maximum atomic E-state index is 13.8. The van der Waals surface area contributed by atoms with Crippen LogP contribution in [0.1, 0.15) is 64.0 Å². The van der Waals surface area contributed by atoms with Crippen molar-refractivity contribution >= 4 is 65.2 Å². The number of hydrogen-bond acceptors (Lipinski definition) is 13. The van der Waals surface area contributed by atoms with Gasteiger partial charge in [-0.15, -0.1) is 0 Å². The van der Waals surface area contributed by atoms with Gasteiger partial charge in [0.05, 0.1) is 18.9 Å². The molecule has 0 aromatic carbocycles. The van der Waals surface area contributed by atoms with Gasteiger partial charge in [-0.1, -0.05) is 0 Å². The van der Waals surface area contributed by atoms with Gasteiger partial charge in [0.15, 0.2) is 11.9 Å². The number of aliphatic carboxylic acids is 2. The Morgan fingerprint density at radius 1 is 0.667 bits per heavy atom. The third-order valence-electron chi connectivity index (χ3n) is 8.20. The van der Waals surface area contributed by atoms with Crippen LogP contribution < -0.4 is 66.3 Å². The highest BCUT2D eigenvalue weighted by molar-refractivity contribution is 5.96. The highest BCUT2D eigenvalue weighted by Gasteiger charge is 2.32. The van der Waals surface area contributed by atoms with Gasteiger partial charge in [-0.05, 0) is 45.4 Å². The second-order valence-corrected chi connectivity index (χ2v) is 13.3. The zero-order valence-electron chi connectivity index (χ0n) is 33.0. The van der Waals surface area contributed by atoms with E-state index in [1.165, 1.54) is 19.4 Å². The first-order valence-electron chi connectivity index (χ1n) is 18.5.